The van der Waals surface area contributed by atoms with E-state index in [9.17, 15) is 17.6 Å². The minimum Gasteiger partial charge on any atom is -0.349 e. The van der Waals surface area contributed by atoms with Crippen molar-refractivity contribution >= 4 is 25.6 Å². The van der Waals surface area contributed by atoms with Crippen LogP contribution in [0, 0.1) is 5.82 Å². The molecule has 0 aromatic heterocycles. The molecule has 0 aliphatic heterocycles. The van der Waals surface area contributed by atoms with E-state index in [1.807, 2.05) is 0 Å². The molecule has 4 nitrogen and oxygen atoms in total. The molecule has 7 heteroatoms. The highest BCUT2D eigenvalue weighted by atomic mass is 35.7. The second-order valence-corrected chi connectivity index (χ2v) is 6.75. The Morgan fingerprint density at radius 3 is 2.50 bits per heavy atom. The smallest absolute Gasteiger partial charge is 0.261 e. The maximum atomic E-state index is 13.6. The Hall–Kier alpha value is -1.14. The van der Waals surface area contributed by atoms with Crippen LogP contribution in [0.2, 0.25) is 0 Å². The molecule has 1 amide bonds. The average Bonchev–Trinajstić information content (AvgIpc) is 2.21. The van der Waals surface area contributed by atoms with Gasteiger partial charge in [-0.05, 0) is 37.5 Å². The standard InChI is InChI=1S/C11H11ClFNO3S/c12-18(16,17)8-4-5-9(10(13)6-8)11(15)14-7-2-1-3-7/h4-7H,1-3H2,(H,14,15). The zero-order valence-electron chi connectivity index (χ0n) is 9.32. The van der Waals surface area contributed by atoms with Crippen LogP contribution < -0.4 is 5.32 Å². The van der Waals surface area contributed by atoms with Gasteiger partial charge in [-0.15, -0.1) is 0 Å². The monoisotopic (exact) mass is 291 g/mol. The molecule has 0 spiro atoms. The minimum atomic E-state index is -3.98. The van der Waals surface area contributed by atoms with Crippen LogP contribution in [0.1, 0.15) is 29.6 Å². The zero-order valence-corrected chi connectivity index (χ0v) is 10.9. The molecule has 0 radical (unpaired) electrons. The number of halogens is 2. The number of carbonyl (C=O) groups is 1. The summed E-state index contributed by atoms with van der Waals surface area (Å²) in [6, 6.07) is 3.07. The van der Waals surface area contributed by atoms with Crippen LogP contribution in [0.25, 0.3) is 0 Å². The van der Waals surface area contributed by atoms with Gasteiger partial charge >= 0.3 is 0 Å². The van der Waals surface area contributed by atoms with Gasteiger partial charge in [0.05, 0.1) is 10.5 Å². The maximum Gasteiger partial charge on any atom is 0.261 e. The van der Waals surface area contributed by atoms with Gasteiger partial charge in [0.15, 0.2) is 0 Å². The van der Waals surface area contributed by atoms with E-state index in [1.54, 1.807) is 0 Å². The SMILES string of the molecule is O=C(NC1CCC1)c1ccc(S(=O)(=O)Cl)cc1F. The highest BCUT2D eigenvalue weighted by Gasteiger charge is 2.22. The first-order chi connectivity index (χ1) is 8.38. The molecule has 0 saturated heterocycles. The third-order valence-electron chi connectivity index (χ3n) is 2.91. The molecule has 98 valence electrons. The van der Waals surface area contributed by atoms with Gasteiger partial charge in [0.1, 0.15) is 5.82 Å². The average molecular weight is 292 g/mol. The molecule has 1 fully saturated rings. The van der Waals surface area contributed by atoms with E-state index in [2.05, 4.69) is 5.32 Å². The number of hydrogen-bond acceptors (Lipinski definition) is 3. The normalized spacial score (nSPS) is 16.1. The third-order valence-corrected chi connectivity index (χ3v) is 4.26. The number of rotatable bonds is 3. The van der Waals surface area contributed by atoms with E-state index < -0.39 is 20.8 Å². The second-order valence-electron chi connectivity index (χ2n) is 4.18. The first kappa shape index (κ1) is 13.3. The molecule has 1 saturated carbocycles. The van der Waals surface area contributed by atoms with Gasteiger partial charge in [-0.25, -0.2) is 12.8 Å². The predicted octanol–water partition coefficient (Wildman–Crippen LogP) is 2.04. The summed E-state index contributed by atoms with van der Waals surface area (Å²) in [4.78, 5) is 11.3. The molecule has 1 N–H and O–H groups in total. The van der Waals surface area contributed by atoms with Gasteiger partial charge in [0, 0.05) is 16.7 Å². The van der Waals surface area contributed by atoms with Crippen molar-refractivity contribution in [2.75, 3.05) is 0 Å². The molecule has 1 aromatic carbocycles. The summed E-state index contributed by atoms with van der Waals surface area (Å²) >= 11 is 0. The van der Waals surface area contributed by atoms with E-state index in [4.69, 9.17) is 10.7 Å². The van der Waals surface area contributed by atoms with Crippen molar-refractivity contribution < 1.29 is 17.6 Å². The third kappa shape index (κ3) is 2.81. The molecular formula is C11H11ClFNO3S. The predicted molar refractivity (Wildman–Crippen MR) is 64.5 cm³/mol. The first-order valence-electron chi connectivity index (χ1n) is 5.43. The molecule has 1 aliphatic rings. The number of amides is 1. The van der Waals surface area contributed by atoms with Crippen LogP contribution in [0.4, 0.5) is 4.39 Å². The maximum absolute atomic E-state index is 13.6. The fourth-order valence-electron chi connectivity index (χ4n) is 1.65. The molecule has 1 aliphatic carbocycles. The number of carbonyl (C=O) groups excluding carboxylic acids is 1. The summed E-state index contributed by atoms with van der Waals surface area (Å²) in [5, 5.41) is 2.67. The van der Waals surface area contributed by atoms with Crippen molar-refractivity contribution in [2.45, 2.75) is 30.2 Å². The van der Waals surface area contributed by atoms with Crippen molar-refractivity contribution in [3.63, 3.8) is 0 Å². The molecular weight excluding hydrogens is 281 g/mol. The Labute approximate surface area is 109 Å². The Morgan fingerprint density at radius 1 is 1.39 bits per heavy atom. The fourth-order valence-corrected chi connectivity index (χ4v) is 2.41. The van der Waals surface area contributed by atoms with E-state index in [-0.39, 0.29) is 16.5 Å². The lowest BCUT2D eigenvalue weighted by atomic mass is 9.93. The van der Waals surface area contributed by atoms with Crippen LogP contribution in [-0.2, 0) is 9.05 Å². The summed E-state index contributed by atoms with van der Waals surface area (Å²) in [7, 11) is 1.10. The second kappa shape index (κ2) is 4.85. The number of hydrogen-bond donors (Lipinski definition) is 1. The van der Waals surface area contributed by atoms with Crippen molar-refractivity contribution in [3.05, 3.63) is 29.6 Å². The number of benzene rings is 1. The summed E-state index contributed by atoms with van der Waals surface area (Å²) in [6.07, 6.45) is 2.83. The summed E-state index contributed by atoms with van der Waals surface area (Å²) in [6.45, 7) is 0. The van der Waals surface area contributed by atoms with Crippen LogP contribution in [0.15, 0.2) is 23.1 Å². The van der Waals surface area contributed by atoms with Crippen LogP contribution in [0.5, 0.6) is 0 Å². The Bertz CT molecular complexity index is 584. The summed E-state index contributed by atoms with van der Waals surface area (Å²) < 4.78 is 35.6. The lowest BCUT2D eigenvalue weighted by Crippen LogP contribution is -2.39. The van der Waals surface area contributed by atoms with Crippen LogP contribution in [-0.4, -0.2) is 20.4 Å². The molecule has 0 unspecified atom stereocenters. The van der Waals surface area contributed by atoms with Crippen molar-refractivity contribution in [1.82, 2.24) is 5.32 Å². The summed E-state index contributed by atoms with van der Waals surface area (Å²) in [5.74, 6) is -1.43. The molecule has 0 heterocycles. The zero-order chi connectivity index (χ0) is 13.3. The van der Waals surface area contributed by atoms with Gasteiger partial charge in [0.2, 0.25) is 0 Å². The van der Waals surface area contributed by atoms with Crippen molar-refractivity contribution in [3.8, 4) is 0 Å². The quantitative estimate of drug-likeness (QED) is 0.867. The van der Waals surface area contributed by atoms with E-state index >= 15 is 0 Å². The van der Waals surface area contributed by atoms with Gasteiger partial charge in [0.25, 0.3) is 15.0 Å². The minimum absolute atomic E-state index is 0.0911. The lowest BCUT2D eigenvalue weighted by molar-refractivity contribution is 0.0912. The van der Waals surface area contributed by atoms with Gasteiger partial charge in [-0.1, -0.05) is 0 Å². The number of nitrogens with one attached hydrogen (secondary N) is 1. The molecule has 2 rings (SSSR count). The molecule has 0 atom stereocenters. The molecule has 1 aromatic rings. The largest absolute Gasteiger partial charge is 0.349 e. The van der Waals surface area contributed by atoms with E-state index in [0.29, 0.717) is 0 Å². The first-order valence-corrected chi connectivity index (χ1v) is 7.74. The highest BCUT2D eigenvalue weighted by molar-refractivity contribution is 8.13. The van der Waals surface area contributed by atoms with Gasteiger partial charge in [-0.3, -0.25) is 4.79 Å². The summed E-state index contributed by atoms with van der Waals surface area (Å²) in [5.41, 5.74) is -0.175. The van der Waals surface area contributed by atoms with Crippen LogP contribution >= 0.6 is 10.7 Å². The van der Waals surface area contributed by atoms with Gasteiger partial charge in [-0.2, -0.15) is 0 Å². The Morgan fingerprint density at radius 2 is 2.06 bits per heavy atom. The topological polar surface area (TPSA) is 63.2 Å². The fraction of sp³-hybridized carbons (Fsp3) is 0.364. The van der Waals surface area contributed by atoms with Crippen LogP contribution in [0.3, 0.4) is 0 Å². The van der Waals surface area contributed by atoms with E-state index in [1.165, 1.54) is 0 Å². The van der Waals surface area contributed by atoms with Crippen molar-refractivity contribution in [1.29, 1.82) is 0 Å². The molecule has 18 heavy (non-hydrogen) atoms. The Kier molecular flexibility index (Phi) is 3.59. The molecule has 0 bridgehead atoms. The van der Waals surface area contributed by atoms with E-state index in [0.717, 1.165) is 37.5 Å². The highest BCUT2D eigenvalue weighted by Crippen LogP contribution is 2.21. The van der Waals surface area contributed by atoms with Crippen molar-refractivity contribution in [2.24, 2.45) is 0 Å². The Balaban J connectivity index is 2.21. The lowest BCUT2D eigenvalue weighted by Gasteiger charge is -2.26. The van der Waals surface area contributed by atoms with Gasteiger partial charge < -0.3 is 5.32 Å².